The van der Waals surface area contributed by atoms with Crippen LogP contribution in [0.4, 0.5) is 0 Å². The zero-order valence-electron chi connectivity index (χ0n) is 9.91. The largest absolute Gasteiger partial charge is 0.344 e. The second-order valence-corrected chi connectivity index (χ2v) is 4.66. The molecule has 1 heterocycles. The number of amides is 2. The molecule has 1 rings (SSSR count). The van der Waals surface area contributed by atoms with Gasteiger partial charge in [-0.15, -0.1) is 0 Å². The molecule has 0 aromatic heterocycles. The van der Waals surface area contributed by atoms with Crippen molar-refractivity contribution >= 4 is 11.8 Å². The lowest BCUT2D eigenvalue weighted by Crippen LogP contribution is -2.49. The highest BCUT2D eigenvalue weighted by atomic mass is 16.2. The third kappa shape index (κ3) is 2.70. The van der Waals surface area contributed by atoms with Crippen LogP contribution in [0.1, 0.15) is 34.1 Å². The summed E-state index contributed by atoms with van der Waals surface area (Å²) in [6, 6.07) is -0.200. The fraction of sp³-hybridized carbons (Fsp3) is 0.818. The van der Waals surface area contributed by atoms with E-state index in [2.05, 4.69) is 5.32 Å². The van der Waals surface area contributed by atoms with Crippen LogP contribution in [0.25, 0.3) is 0 Å². The van der Waals surface area contributed by atoms with Crippen LogP contribution >= 0.6 is 0 Å². The summed E-state index contributed by atoms with van der Waals surface area (Å²) in [5.74, 6) is 0.164. The summed E-state index contributed by atoms with van der Waals surface area (Å²) in [6.07, 6.45) is 0.410. The first-order chi connectivity index (χ1) is 6.93. The highest BCUT2D eigenvalue weighted by molar-refractivity contribution is 5.90. The van der Waals surface area contributed by atoms with Crippen LogP contribution in [0.5, 0.6) is 0 Å². The third-order valence-corrected chi connectivity index (χ3v) is 2.74. The minimum atomic E-state index is -0.359. The predicted molar refractivity (Wildman–Crippen MR) is 58.2 cm³/mol. The molecule has 4 heteroatoms. The van der Waals surface area contributed by atoms with Gasteiger partial charge in [0.2, 0.25) is 11.8 Å². The van der Waals surface area contributed by atoms with Crippen LogP contribution in [-0.4, -0.2) is 35.3 Å². The normalized spacial score (nSPS) is 23.3. The second kappa shape index (κ2) is 4.64. The van der Waals surface area contributed by atoms with Gasteiger partial charge in [0.1, 0.15) is 6.04 Å². The smallest absolute Gasteiger partial charge is 0.245 e. The topological polar surface area (TPSA) is 49.4 Å². The average Bonchev–Trinajstić information content (AvgIpc) is 2.26. The van der Waals surface area contributed by atoms with Gasteiger partial charge in [0.15, 0.2) is 0 Å². The maximum atomic E-state index is 12.1. The first-order valence-corrected chi connectivity index (χ1v) is 5.53. The maximum absolute atomic E-state index is 12.1. The van der Waals surface area contributed by atoms with Gasteiger partial charge in [0.05, 0.1) is 0 Å². The van der Waals surface area contributed by atoms with Crippen LogP contribution in [0.15, 0.2) is 0 Å². The van der Waals surface area contributed by atoms with Crippen LogP contribution in [0.3, 0.4) is 0 Å². The van der Waals surface area contributed by atoms with Crippen molar-refractivity contribution in [2.45, 2.75) is 46.2 Å². The first kappa shape index (κ1) is 12.0. The summed E-state index contributed by atoms with van der Waals surface area (Å²) < 4.78 is 0. The number of rotatable bonds is 2. The zero-order chi connectivity index (χ0) is 11.6. The van der Waals surface area contributed by atoms with Gasteiger partial charge in [-0.2, -0.15) is 0 Å². The lowest BCUT2D eigenvalue weighted by Gasteiger charge is -2.29. The van der Waals surface area contributed by atoms with E-state index in [9.17, 15) is 9.59 Å². The zero-order valence-corrected chi connectivity index (χ0v) is 9.91. The van der Waals surface area contributed by atoms with Crippen LogP contribution in [-0.2, 0) is 9.59 Å². The molecule has 1 unspecified atom stereocenters. The number of nitrogens with zero attached hydrogens (tertiary/aromatic N) is 1. The summed E-state index contributed by atoms with van der Waals surface area (Å²) >= 11 is 0. The van der Waals surface area contributed by atoms with Crippen LogP contribution in [0, 0.1) is 5.92 Å². The molecule has 0 aliphatic carbocycles. The highest BCUT2D eigenvalue weighted by Gasteiger charge is 2.32. The molecule has 1 aliphatic rings. The molecule has 0 aromatic rings. The molecule has 2 amide bonds. The van der Waals surface area contributed by atoms with E-state index >= 15 is 0 Å². The molecule has 86 valence electrons. The van der Waals surface area contributed by atoms with Gasteiger partial charge < -0.3 is 10.2 Å². The Kier molecular flexibility index (Phi) is 3.72. The van der Waals surface area contributed by atoms with Crippen molar-refractivity contribution in [1.29, 1.82) is 0 Å². The van der Waals surface area contributed by atoms with Gasteiger partial charge in [0, 0.05) is 19.0 Å². The Labute approximate surface area is 91.0 Å². The van der Waals surface area contributed by atoms with E-state index in [1.54, 1.807) is 4.90 Å². The van der Waals surface area contributed by atoms with Gasteiger partial charge in [-0.1, -0.05) is 13.8 Å². The summed E-state index contributed by atoms with van der Waals surface area (Å²) in [5, 5.41) is 2.78. The Bertz CT molecular complexity index is 261. The minimum Gasteiger partial charge on any atom is -0.344 e. The molecule has 4 nitrogen and oxygen atoms in total. The molecule has 1 saturated heterocycles. The van der Waals surface area contributed by atoms with Crippen LogP contribution < -0.4 is 5.32 Å². The van der Waals surface area contributed by atoms with Crippen molar-refractivity contribution in [1.82, 2.24) is 10.2 Å². The molecule has 1 fully saturated rings. The van der Waals surface area contributed by atoms with E-state index in [4.69, 9.17) is 0 Å². The van der Waals surface area contributed by atoms with E-state index < -0.39 is 0 Å². The highest BCUT2D eigenvalue weighted by Crippen LogP contribution is 2.13. The molecule has 0 aromatic carbocycles. The monoisotopic (exact) mass is 212 g/mol. The van der Waals surface area contributed by atoms with Crippen molar-refractivity contribution in [3.8, 4) is 0 Å². The predicted octanol–water partition coefficient (Wildman–Crippen LogP) is 0.768. The summed E-state index contributed by atoms with van der Waals surface area (Å²) in [7, 11) is 0. The summed E-state index contributed by atoms with van der Waals surface area (Å²) in [4.78, 5) is 25.3. The standard InChI is InChI=1S/C11H20N2O2/c1-7(2)10-11(15)13(8(3)4)6-5-9(14)12-10/h7-8,10H,5-6H2,1-4H3,(H,12,14). The van der Waals surface area contributed by atoms with Gasteiger partial charge in [-0.25, -0.2) is 0 Å². The molecular weight excluding hydrogens is 192 g/mol. The number of hydrogen-bond donors (Lipinski definition) is 1. The lowest BCUT2D eigenvalue weighted by atomic mass is 10.0. The minimum absolute atomic E-state index is 0.0230. The van der Waals surface area contributed by atoms with E-state index in [1.165, 1.54) is 0 Å². The van der Waals surface area contributed by atoms with Gasteiger partial charge in [-0.05, 0) is 19.8 Å². The summed E-state index contributed by atoms with van der Waals surface area (Å²) in [5.41, 5.74) is 0. The quantitative estimate of drug-likeness (QED) is 0.735. The second-order valence-electron chi connectivity index (χ2n) is 4.66. The first-order valence-electron chi connectivity index (χ1n) is 5.53. The van der Waals surface area contributed by atoms with E-state index in [-0.39, 0.29) is 29.8 Å². The molecule has 0 bridgehead atoms. The molecule has 1 N–H and O–H groups in total. The molecule has 1 aliphatic heterocycles. The SMILES string of the molecule is CC(C)C1NC(=O)CCN(C(C)C)C1=O. The molecule has 15 heavy (non-hydrogen) atoms. The Morgan fingerprint density at radius 2 is 1.87 bits per heavy atom. The summed E-state index contributed by atoms with van der Waals surface area (Å²) in [6.45, 7) is 8.39. The fourth-order valence-electron chi connectivity index (χ4n) is 1.78. The Morgan fingerprint density at radius 3 is 2.33 bits per heavy atom. The molecule has 0 spiro atoms. The van der Waals surface area contributed by atoms with Crippen molar-refractivity contribution in [2.24, 2.45) is 5.92 Å². The maximum Gasteiger partial charge on any atom is 0.245 e. The van der Waals surface area contributed by atoms with E-state index in [0.717, 1.165) is 0 Å². The Hall–Kier alpha value is -1.06. The van der Waals surface area contributed by atoms with E-state index in [1.807, 2.05) is 27.7 Å². The Balaban J connectivity index is 2.87. The van der Waals surface area contributed by atoms with Gasteiger partial charge >= 0.3 is 0 Å². The van der Waals surface area contributed by atoms with Gasteiger partial charge in [-0.3, -0.25) is 9.59 Å². The van der Waals surface area contributed by atoms with Crippen LogP contribution in [0.2, 0.25) is 0 Å². The third-order valence-electron chi connectivity index (χ3n) is 2.74. The van der Waals surface area contributed by atoms with E-state index in [0.29, 0.717) is 13.0 Å². The average molecular weight is 212 g/mol. The van der Waals surface area contributed by atoms with Crippen molar-refractivity contribution in [3.05, 3.63) is 0 Å². The van der Waals surface area contributed by atoms with Gasteiger partial charge in [0.25, 0.3) is 0 Å². The van der Waals surface area contributed by atoms with Crippen molar-refractivity contribution < 1.29 is 9.59 Å². The number of nitrogens with one attached hydrogen (secondary N) is 1. The Morgan fingerprint density at radius 1 is 1.27 bits per heavy atom. The number of carbonyl (C=O) groups excluding carboxylic acids is 2. The molecular formula is C11H20N2O2. The molecule has 1 atom stereocenters. The number of carbonyl (C=O) groups is 2. The lowest BCUT2D eigenvalue weighted by molar-refractivity contribution is -0.136. The van der Waals surface area contributed by atoms with Crippen molar-refractivity contribution in [3.63, 3.8) is 0 Å². The fourth-order valence-corrected chi connectivity index (χ4v) is 1.78. The molecule has 0 radical (unpaired) electrons. The number of hydrogen-bond acceptors (Lipinski definition) is 2. The van der Waals surface area contributed by atoms with Crippen molar-refractivity contribution in [2.75, 3.05) is 6.54 Å². The molecule has 0 saturated carbocycles.